The topological polar surface area (TPSA) is 32.3 Å². The Morgan fingerprint density at radius 2 is 1.65 bits per heavy atom. The standard InChI is InChI=1S/C18H23NO/c1-13-9-10-17(11-14(13)2)18(20)12-19-15(3)16-7-5-4-6-8-16/h4-11,15,18-20H,12H2,1-3H3. The van der Waals surface area contributed by atoms with Crippen LogP contribution in [-0.4, -0.2) is 11.7 Å². The minimum atomic E-state index is -0.472. The number of rotatable bonds is 5. The van der Waals surface area contributed by atoms with Gasteiger partial charge in [0.2, 0.25) is 0 Å². The fraction of sp³-hybridized carbons (Fsp3) is 0.333. The molecule has 0 saturated carbocycles. The van der Waals surface area contributed by atoms with Gasteiger partial charge >= 0.3 is 0 Å². The Labute approximate surface area is 121 Å². The van der Waals surface area contributed by atoms with Crippen molar-refractivity contribution in [1.82, 2.24) is 5.32 Å². The molecule has 2 aromatic rings. The normalized spacial score (nSPS) is 14.0. The van der Waals surface area contributed by atoms with E-state index in [0.717, 1.165) is 5.56 Å². The van der Waals surface area contributed by atoms with E-state index in [1.807, 2.05) is 24.3 Å². The Kier molecular flexibility index (Phi) is 4.94. The van der Waals surface area contributed by atoms with E-state index in [1.54, 1.807) is 0 Å². The van der Waals surface area contributed by atoms with Crippen molar-refractivity contribution in [2.24, 2.45) is 0 Å². The summed E-state index contributed by atoms with van der Waals surface area (Å²) in [5.74, 6) is 0. The van der Waals surface area contributed by atoms with Crippen molar-refractivity contribution >= 4 is 0 Å². The third kappa shape index (κ3) is 3.69. The first-order valence-electron chi connectivity index (χ1n) is 7.11. The predicted molar refractivity (Wildman–Crippen MR) is 83.7 cm³/mol. The number of aryl methyl sites for hydroxylation is 2. The summed E-state index contributed by atoms with van der Waals surface area (Å²) in [7, 11) is 0. The van der Waals surface area contributed by atoms with Crippen LogP contribution < -0.4 is 5.32 Å². The van der Waals surface area contributed by atoms with Crippen LogP contribution in [0.4, 0.5) is 0 Å². The fourth-order valence-electron chi connectivity index (χ4n) is 2.24. The van der Waals surface area contributed by atoms with E-state index in [2.05, 4.69) is 50.4 Å². The zero-order valence-corrected chi connectivity index (χ0v) is 12.4. The number of benzene rings is 2. The van der Waals surface area contributed by atoms with Crippen LogP contribution in [0.3, 0.4) is 0 Å². The number of hydrogen-bond donors (Lipinski definition) is 2. The lowest BCUT2D eigenvalue weighted by Crippen LogP contribution is -2.24. The average Bonchev–Trinajstić information content (AvgIpc) is 2.48. The highest BCUT2D eigenvalue weighted by atomic mass is 16.3. The molecule has 0 aliphatic carbocycles. The van der Waals surface area contributed by atoms with E-state index < -0.39 is 6.10 Å². The molecule has 2 rings (SSSR count). The van der Waals surface area contributed by atoms with Crippen LogP contribution in [-0.2, 0) is 0 Å². The van der Waals surface area contributed by atoms with E-state index >= 15 is 0 Å². The minimum absolute atomic E-state index is 0.234. The maximum absolute atomic E-state index is 10.3. The van der Waals surface area contributed by atoms with Gasteiger partial charge in [-0.15, -0.1) is 0 Å². The first-order chi connectivity index (χ1) is 9.58. The Bertz CT molecular complexity index is 551. The van der Waals surface area contributed by atoms with Gasteiger partial charge in [-0.25, -0.2) is 0 Å². The van der Waals surface area contributed by atoms with Crippen LogP contribution >= 0.6 is 0 Å². The molecule has 0 heterocycles. The quantitative estimate of drug-likeness (QED) is 0.867. The van der Waals surface area contributed by atoms with Gasteiger partial charge in [-0.3, -0.25) is 0 Å². The largest absolute Gasteiger partial charge is 0.387 e. The monoisotopic (exact) mass is 269 g/mol. The zero-order valence-electron chi connectivity index (χ0n) is 12.4. The van der Waals surface area contributed by atoms with Gasteiger partial charge in [0, 0.05) is 12.6 Å². The molecule has 2 unspecified atom stereocenters. The van der Waals surface area contributed by atoms with Gasteiger partial charge in [-0.05, 0) is 43.0 Å². The summed E-state index contributed by atoms with van der Waals surface area (Å²) in [4.78, 5) is 0. The van der Waals surface area contributed by atoms with Gasteiger partial charge in [0.1, 0.15) is 0 Å². The Hall–Kier alpha value is -1.64. The highest BCUT2D eigenvalue weighted by molar-refractivity contribution is 5.31. The van der Waals surface area contributed by atoms with Gasteiger partial charge in [0.15, 0.2) is 0 Å². The molecule has 0 radical (unpaired) electrons. The number of aliphatic hydroxyl groups excluding tert-OH is 1. The lowest BCUT2D eigenvalue weighted by molar-refractivity contribution is 0.170. The molecule has 0 aliphatic heterocycles. The minimum Gasteiger partial charge on any atom is -0.387 e. The lowest BCUT2D eigenvalue weighted by atomic mass is 10.0. The Morgan fingerprint density at radius 3 is 2.30 bits per heavy atom. The molecule has 106 valence electrons. The van der Waals surface area contributed by atoms with Crippen LogP contribution in [0.5, 0.6) is 0 Å². The maximum Gasteiger partial charge on any atom is 0.0914 e. The zero-order chi connectivity index (χ0) is 14.5. The van der Waals surface area contributed by atoms with Crippen molar-refractivity contribution in [1.29, 1.82) is 0 Å². The fourth-order valence-corrected chi connectivity index (χ4v) is 2.24. The molecule has 0 aromatic heterocycles. The van der Waals surface area contributed by atoms with Gasteiger partial charge in [0.25, 0.3) is 0 Å². The van der Waals surface area contributed by atoms with Crippen LogP contribution in [0.15, 0.2) is 48.5 Å². The molecule has 0 amide bonds. The van der Waals surface area contributed by atoms with E-state index in [0.29, 0.717) is 6.54 Å². The molecular weight excluding hydrogens is 246 g/mol. The summed E-state index contributed by atoms with van der Waals surface area (Å²) in [6.45, 7) is 6.83. The van der Waals surface area contributed by atoms with Crippen LogP contribution in [0.25, 0.3) is 0 Å². The van der Waals surface area contributed by atoms with Gasteiger partial charge < -0.3 is 10.4 Å². The number of nitrogens with one attached hydrogen (secondary N) is 1. The van der Waals surface area contributed by atoms with Crippen molar-refractivity contribution in [2.75, 3.05) is 6.54 Å². The second-order valence-corrected chi connectivity index (χ2v) is 5.40. The van der Waals surface area contributed by atoms with Crippen molar-refractivity contribution < 1.29 is 5.11 Å². The molecule has 0 aliphatic rings. The van der Waals surface area contributed by atoms with E-state index in [9.17, 15) is 5.11 Å². The van der Waals surface area contributed by atoms with E-state index in [1.165, 1.54) is 16.7 Å². The van der Waals surface area contributed by atoms with Crippen LogP contribution in [0.2, 0.25) is 0 Å². The van der Waals surface area contributed by atoms with E-state index in [-0.39, 0.29) is 6.04 Å². The highest BCUT2D eigenvalue weighted by Gasteiger charge is 2.11. The molecular formula is C18H23NO. The Morgan fingerprint density at radius 1 is 0.950 bits per heavy atom. The van der Waals surface area contributed by atoms with E-state index in [4.69, 9.17) is 0 Å². The second-order valence-electron chi connectivity index (χ2n) is 5.40. The summed E-state index contributed by atoms with van der Waals surface area (Å²) in [6, 6.07) is 16.6. The first-order valence-corrected chi connectivity index (χ1v) is 7.11. The summed E-state index contributed by atoms with van der Waals surface area (Å²) in [6.07, 6.45) is -0.472. The first kappa shape index (κ1) is 14.8. The summed E-state index contributed by atoms with van der Waals surface area (Å²) < 4.78 is 0. The number of hydrogen-bond acceptors (Lipinski definition) is 2. The smallest absolute Gasteiger partial charge is 0.0914 e. The van der Waals surface area contributed by atoms with Gasteiger partial charge in [0.05, 0.1) is 6.10 Å². The predicted octanol–water partition coefficient (Wildman–Crippen LogP) is 3.69. The van der Waals surface area contributed by atoms with Crippen molar-refractivity contribution in [2.45, 2.75) is 32.9 Å². The third-order valence-corrected chi connectivity index (χ3v) is 3.83. The Balaban J connectivity index is 1.95. The molecule has 2 heteroatoms. The molecule has 0 bridgehead atoms. The molecule has 0 fully saturated rings. The summed E-state index contributed by atoms with van der Waals surface area (Å²) >= 11 is 0. The summed E-state index contributed by atoms with van der Waals surface area (Å²) in [5, 5.41) is 13.7. The second kappa shape index (κ2) is 6.69. The molecule has 20 heavy (non-hydrogen) atoms. The summed E-state index contributed by atoms with van der Waals surface area (Å²) in [5.41, 5.74) is 4.69. The SMILES string of the molecule is Cc1ccc(C(O)CNC(C)c2ccccc2)cc1C. The van der Waals surface area contributed by atoms with Crippen molar-refractivity contribution in [3.8, 4) is 0 Å². The van der Waals surface area contributed by atoms with Gasteiger partial charge in [-0.2, -0.15) is 0 Å². The maximum atomic E-state index is 10.3. The molecule has 2 aromatic carbocycles. The molecule has 0 saturated heterocycles. The van der Waals surface area contributed by atoms with Crippen LogP contribution in [0.1, 0.15) is 41.3 Å². The van der Waals surface area contributed by atoms with Crippen molar-refractivity contribution in [3.63, 3.8) is 0 Å². The lowest BCUT2D eigenvalue weighted by Gasteiger charge is -2.18. The molecule has 2 N–H and O–H groups in total. The number of aliphatic hydroxyl groups is 1. The van der Waals surface area contributed by atoms with Gasteiger partial charge in [-0.1, -0.05) is 48.5 Å². The van der Waals surface area contributed by atoms with Crippen molar-refractivity contribution in [3.05, 3.63) is 70.8 Å². The van der Waals surface area contributed by atoms with Crippen LogP contribution in [0, 0.1) is 13.8 Å². The third-order valence-electron chi connectivity index (χ3n) is 3.83. The molecule has 2 atom stereocenters. The molecule has 2 nitrogen and oxygen atoms in total. The highest BCUT2D eigenvalue weighted by Crippen LogP contribution is 2.18. The average molecular weight is 269 g/mol. The molecule has 0 spiro atoms.